The monoisotopic (exact) mass is 165 g/mol. The van der Waals surface area contributed by atoms with E-state index in [4.69, 9.17) is 0 Å². The summed E-state index contributed by atoms with van der Waals surface area (Å²) in [7, 11) is 0. The third kappa shape index (κ3) is 2.65. The van der Waals surface area contributed by atoms with Gasteiger partial charge in [-0.2, -0.15) is 10.2 Å². The van der Waals surface area contributed by atoms with E-state index in [-0.39, 0.29) is 5.91 Å². The molecule has 1 rings (SSSR count). The molecule has 0 spiro atoms. The van der Waals surface area contributed by atoms with Crippen LogP contribution in [0.5, 0.6) is 0 Å². The number of hydrogen-bond donors (Lipinski definition) is 1. The number of aromatic nitrogens is 2. The lowest BCUT2D eigenvalue weighted by molar-refractivity contribution is -0.120. The second-order valence-corrected chi connectivity index (χ2v) is 2.35. The van der Waals surface area contributed by atoms with E-state index >= 15 is 0 Å². The SMILES string of the molecule is CCC(=O)NCc1cccnn1. The summed E-state index contributed by atoms with van der Waals surface area (Å²) < 4.78 is 0. The third-order valence-corrected chi connectivity index (χ3v) is 1.42. The van der Waals surface area contributed by atoms with E-state index in [1.165, 1.54) is 0 Å². The molecule has 0 fully saturated rings. The number of nitrogens with zero attached hydrogens (tertiary/aromatic N) is 2. The molecule has 1 heterocycles. The summed E-state index contributed by atoms with van der Waals surface area (Å²) in [6.07, 6.45) is 2.10. The molecule has 4 nitrogen and oxygen atoms in total. The summed E-state index contributed by atoms with van der Waals surface area (Å²) in [5.41, 5.74) is 0.777. The number of nitrogens with one attached hydrogen (secondary N) is 1. The topological polar surface area (TPSA) is 54.9 Å². The van der Waals surface area contributed by atoms with Crippen molar-refractivity contribution in [2.75, 3.05) is 0 Å². The maximum atomic E-state index is 10.8. The Bertz CT molecular complexity index is 248. The van der Waals surface area contributed by atoms with Crippen molar-refractivity contribution in [1.82, 2.24) is 15.5 Å². The van der Waals surface area contributed by atoms with E-state index in [2.05, 4.69) is 15.5 Å². The van der Waals surface area contributed by atoms with Gasteiger partial charge < -0.3 is 5.32 Å². The first kappa shape index (κ1) is 8.64. The zero-order valence-electron chi connectivity index (χ0n) is 6.95. The van der Waals surface area contributed by atoms with E-state index in [1.807, 2.05) is 13.0 Å². The maximum Gasteiger partial charge on any atom is 0.220 e. The minimum atomic E-state index is 0.0284. The lowest BCUT2D eigenvalue weighted by atomic mass is 10.3. The Balaban J connectivity index is 2.38. The molecule has 1 aromatic rings. The summed E-state index contributed by atoms with van der Waals surface area (Å²) >= 11 is 0. The van der Waals surface area contributed by atoms with Crippen molar-refractivity contribution in [2.24, 2.45) is 0 Å². The fourth-order valence-corrected chi connectivity index (χ4v) is 0.742. The van der Waals surface area contributed by atoms with Gasteiger partial charge in [-0.25, -0.2) is 0 Å². The number of hydrogen-bond acceptors (Lipinski definition) is 3. The zero-order chi connectivity index (χ0) is 8.81. The average molecular weight is 165 g/mol. The highest BCUT2D eigenvalue weighted by Crippen LogP contribution is 1.89. The Kier molecular flexibility index (Phi) is 3.19. The van der Waals surface area contributed by atoms with Crippen molar-refractivity contribution >= 4 is 5.91 Å². The first-order valence-electron chi connectivity index (χ1n) is 3.86. The second-order valence-electron chi connectivity index (χ2n) is 2.35. The first-order valence-corrected chi connectivity index (χ1v) is 3.86. The van der Waals surface area contributed by atoms with Gasteiger partial charge in [0, 0.05) is 12.6 Å². The van der Waals surface area contributed by atoms with Crippen molar-refractivity contribution in [3.8, 4) is 0 Å². The molecule has 0 aliphatic rings. The molecular weight excluding hydrogens is 154 g/mol. The van der Waals surface area contributed by atoms with Crippen molar-refractivity contribution in [3.05, 3.63) is 24.0 Å². The Morgan fingerprint density at radius 3 is 3.08 bits per heavy atom. The molecule has 0 saturated heterocycles. The Morgan fingerprint density at radius 1 is 1.67 bits per heavy atom. The van der Waals surface area contributed by atoms with Gasteiger partial charge in [0.25, 0.3) is 0 Å². The fourth-order valence-electron chi connectivity index (χ4n) is 0.742. The van der Waals surface area contributed by atoms with Gasteiger partial charge in [-0.3, -0.25) is 4.79 Å². The van der Waals surface area contributed by atoms with Gasteiger partial charge in [-0.1, -0.05) is 6.92 Å². The molecule has 0 bridgehead atoms. The van der Waals surface area contributed by atoms with Gasteiger partial charge in [0.1, 0.15) is 0 Å². The van der Waals surface area contributed by atoms with E-state index in [1.54, 1.807) is 12.3 Å². The van der Waals surface area contributed by atoms with Crippen LogP contribution in [0.1, 0.15) is 19.0 Å². The maximum absolute atomic E-state index is 10.8. The molecule has 1 N–H and O–H groups in total. The fraction of sp³-hybridized carbons (Fsp3) is 0.375. The highest BCUT2D eigenvalue weighted by molar-refractivity contribution is 5.75. The Morgan fingerprint density at radius 2 is 2.50 bits per heavy atom. The summed E-state index contributed by atoms with van der Waals surface area (Å²) in [6, 6.07) is 3.61. The van der Waals surface area contributed by atoms with Crippen LogP contribution in [0.25, 0.3) is 0 Å². The van der Waals surface area contributed by atoms with Crippen molar-refractivity contribution < 1.29 is 4.79 Å². The molecule has 0 atom stereocenters. The molecule has 4 heteroatoms. The Labute approximate surface area is 71.0 Å². The van der Waals surface area contributed by atoms with Gasteiger partial charge in [0.2, 0.25) is 5.91 Å². The summed E-state index contributed by atoms with van der Waals surface area (Å²) in [6.45, 7) is 2.27. The lowest BCUT2D eigenvalue weighted by Crippen LogP contribution is -2.22. The quantitative estimate of drug-likeness (QED) is 0.709. The number of amides is 1. The van der Waals surface area contributed by atoms with Gasteiger partial charge in [0.15, 0.2) is 0 Å². The predicted molar refractivity (Wildman–Crippen MR) is 44.2 cm³/mol. The molecular formula is C8H11N3O. The summed E-state index contributed by atoms with van der Waals surface area (Å²) in [5.74, 6) is 0.0284. The molecule has 0 aliphatic heterocycles. The summed E-state index contributed by atoms with van der Waals surface area (Å²) in [5, 5.41) is 10.2. The number of rotatable bonds is 3. The molecule has 0 saturated carbocycles. The molecule has 0 aliphatic carbocycles. The molecule has 0 radical (unpaired) electrons. The van der Waals surface area contributed by atoms with Crippen LogP contribution in [0.15, 0.2) is 18.3 Å². The Hall–Kier alpha value is -1.45. The highest BCUT2D eigenvalue weighted by atomic mass is 16.1. The van der Waals surface area contributed by atoms with Crippen LogP contribution < -0.4 is 5.32 Å². The lowest BCUT2D eigenvalue weighted by Gasteiger charge is -2.00. The molecule has 1 aromatic heterocycles. The molecule has 0 unspecified atom stereocenters. The molecule has 12 heavy (non-hydrogen) atoms. The minimum absolute atomic E-state index is 0.0284. The van der Waals surface area contributed by atoms with Crippen LogP contribution >= 0.6 is 0 Å². The highest BCUT2D eigenvalue weighted by Gasteiger charge is 1.97. The smallest absolute Gasteiger partial charge is 0.220 e. The normalized spacial score (nSPS) is 9.42. The van der Waals surface area contributed by atoms with Gasteiger partial charge in [-0.05, 0) is 12.1 Å². The largest absolute Gasteiger partial charge is 0.350 e. The van der Waals surface area contributed by atoms with E-state index < -0.39 is 0 Å². The van der Waals surface area contributed by atoms with Crippen molar-refractivity contribution in [3.63, 3.8) is 0 Å². The third-order valence-electron chi connectivity index (χ3n) is 1.42. The predicted octanol–water partition coefficient (Wildman–Crippen LogP) is 0.503. The zero-order valence-corrected chi connectivity index (χ0v) is 6.95. The van der Waals surface area contributed by atoms with Crippen LogP contribution in [0.3, 0.4) is 0 Å². The van der Waals surface area contributed by atoms with E-state index in [9.17, 15) is 4.79 Å². The standard InChI is InChI=1S/C8H11N3O/c1-2-8(12)9-6-7-4-3-5-10-11-7/h3-5H,2,6H2,1H3,(H,9,12). The van der Waals surface area contributed by atoms with Crippen LogP contribution in [-0.2, 0) is 11.3 Å². The van der Waals surface area contributed by atoms with Crippen LogP contribution in [-0.4, -0.2) is 16.1 Å². The van der Waals surface area contributed by atoms with Gasteiger partial charge in [-0.15, -0.1) is 0 Å². The minimum Gasteiger partial charge on any atom is -0.350 e. The number of carbonyl (C=O) groups is 1. The average Bonchev–Trinajstić information content (AvgIpc) is 2.16. The van der Waals surface area contributed by atoms with E-state index in [0.29, 0.717) is 13.0 Å². The molecule has 0 aromatic carbocycles. The molecule has 64 valence electrons. The number of carbonyl (C=O) groups excluding carboxylic acids is 1. The van der Waals surface area contributed by atoms with Crippen molar-refractivity contribution in [1.29, 1.82) is 0 Å². The summed E-state index contributed by atoms with van der Waals surface area (Å²) in [4.78, 5) is 10.8. The van der Waals surface area contributed by atoms with Crippen molar-refractivity contribution in [2.45, 2.75) is 19.9 Å². The molecule has 1 amide bonds. The second kappa shape index (κ2) is 4.43. The van der Waals surface area contributed by atoms with Crippen LogP contribution in [0.2, 0.25) is 0 Å². The van der Waals surface area contributed by atoms with Gasteiger partial charge >= 0.3 is 0 Å². The van der Waals surface area contributed by atoms with Crippen LogP contribution in [0, 0.1) is 0 Å². The van der Waals surface area contributed by atoms with Crippen LogP contribution in [0.4, 0.5) is 0 Å². The first-order chi connectivity index (χ1) is 5.83. The van der Waals surface area contributed by atoms with E-state index in [0.717, 1.165) is 5.69 Å². The van der Waals surface area contributed by atoms with Gasteiger partial charge in [0.05, 0.1) is 12.2 Å².